The molecule has 2 nitrogen and oxygen atoms in total. The number of hydrogen-bond acceptors (Lipinski definition) is 2. The lowest BCUT2D eigenvalue weighted by Gasteiger charge is -2.15. The van der Waals surface area contributed by atoms with Gasteiger partial charge in [0.2, 0.25) is 0 Å². The molecule has 0 aromatic carbocycles. The van der Waals surface area contributed by atoms with Gasteiger partial charge in [0, 0.05) is 11.8 Å². The molecule has 1 unspecified atom stereocenters. The fraction of sp³-hybridized carbons (Fsp3) is 0.375. The molecule has 1 rings (SSSR count). The van der Waals surface area contributed by atoms with Crippen LogP contribution in [0, 0.1) is 5.82 Å². The number of nitrogens with zero attached hydrogens (tertiary/aromatic N) is 1. The van der Waals surface area contributed by atoms with Crippen molar-refractivity contribution in [2.45, 2.75) is 12.5 Å². The normalized spacial score (nSPS) is 13.3. The quantitative estimate of drug-likeness (QED) is 0.785. The molecule has 1 N–H and O–H groups in total. The average Bonchev–Trinajstić information content (AvgIpc) is 2.09. The summed E-state index contributed by atoms with van der Waals surface area (Å²) in [7, 11) is 1.36. The number of rotatable bonds is 3. The molecule has 0 radical (unpaired) electrons. The highest BCUT2D eigenvalue weighted by molar-refractivity contribution is 5.17. The summed E-state index contributed by atoms with van der Waals surface area (Å²) in [5.74, 6) is -0.720. The Morgan fingerprint density at radius 3 is 2.62 bits per heavy atom. The van der Waals surface area contributed by atoms with Crippen LogP contribution in [0.4, 0.5) is 13.2 Å². The van der Waals surface area contributed by atoms with Gasteiger partial charge in [0.15, 0.2) is 0 Å². The van der Waals surface area contributed by atoms with Gasteiger partial charge in [0.1, 0.15) is 5.82 Å². The summed E-state index contributed by atoms with van der Waals surface area (Å²) in [5, 5.41) is 2.34. The number of alkyl halides is 2. The van der Waals surface area contributed by atoms with E-state index in [0.29, 0.717) is 0 Å². The lowest BCUT2D eigenvalue weighted by Crippen LogP contribution is -2.24. The van der Waals surface area contributed by atoms with Gasteiger partial charge in [-0.05, 0) is 13.1 Å². The first kappa shape index (κ1) is 9.98. The maximum absolute atomic E-state index is 13.0. The molecule has 0 saturated heterocycles. The van der Waals surface area contributed by atoms with Crippen molar-refractivity contribution >= 4 is 0 Å². The Kier molecular flexibility index (Phi) is 3.25. The van der Waals surface area contributed by atoms with E-state index < -0.39 is 18.3 Å². The number of pyridine rings is 1. The molecule has 0 aliphatic rings. The summed E-state index contributed by atoms with van der Waals surface area (Å²) < 4.78 is 37.6. The largest absolute Gasteiger partial charge is 0.308 e. The van der Waals surface area contributed by atoms with Gasteiger partial charge in [-0.2, -0.15) is 0 Å². The van der Waals surface area contributed by atoms with E-state index in [-0.39, 0.29) is 5.56 Å². The van der Waals surface area contributed by atoms with Crippen LogP contribution in [0.25, 0.3) is 0 Å². The van der Waals surface area contributed by atoms with Crippen molar-refractivity contribution in [1.29, 1.82) is 0 Å². The Hall–Kier alpha value is -1.10. The standard InChI is InChI=1S/C8H9F3N2/c1-12-7(8(10)11)5-2-3-13-4-6(5)9/h2-4,7-8,12H,1H3. The molecule has 0 saturated carbocycles. The Bertz CT molecular complexity index is 278. The Balaban J connectivity index is 2.97. The summed E-state index contributed by atoms with van der Waals surface area (Å²) >= 11 is 0. The maximum atomic E-state index is 13.0. The average molecular weight is 190 g/mol. The summed E-state index contributed by atoms with van der Waals surface area (Å²) in [4.78, 5) is 3.47. The molecular weight excluding hydrogens is 181 g/mol. The predicted octanol–water partition coefficient (Wildman–Crippen LogP) is 1.75. The molecule has 0 aliphatic carbocycles. The van der Waals surface area contributed by atoms with Crippen molar-refractivity contribution in [3.8, 4) is 0 Å². The fourth-order valence-electron chi connectivity index (χ4n) is 1.06. The Morgan fingerprint density at radius 2 is 2.15 bits per heavy atom. The zero-order valence-electron chi connectivity index (χ0n) is 6.97. The van der Waals surface area contributed by atoms with Gasteiger partial charge >= 0.3 is 0 Å². The van der Waals surface area contributed by atoms with Gasteiger partial charge in [0.05, 0.1) is 12.2 Å². The number of hydrogen-bond donors (Lipinski definition) is 1. The van der Waals surface area contributed by atoms with Crippen molar-refractivity contribution in [2.75, 3.05) is 7.05 Å². The highest BCUT2D eigenvalue weighted by Gasteiger charge is 2.22. The second kappa shape index (κ2) is 4.23. The summed E-state index contributed by atoms with van der Waals surface area (Å²) in [6.07, 6.45) is -0.436. The summed E-state index contributed by atoms with van der Waals surface area (Å²) in [5.41, 5.74) is -0.0625. The van der Waals surface area contributed by atoms with Crippen molar-refractivity contribution in [1.82, 2.24) is 10.3 Å². The predicted molar refractivity (Wildman–Crippen MR) is 42.0 cm³/mol. The molecular formula is C8H9F3N2. The van der Waals surface area contributed by atoms with E-state index in [2.05, 4.69) is 10.3 Å². The molecule has 0 amide bonds. The number of halogens is 3. The van der Waals surface area contributed by atoms with Gasteiger partial charge in [0.25, 0.3) is 6.43 Å². The molecule has 5 heteroatoms. The summed E-state index contributed by atoms with van der Waals surface area (Å²) in [6, 6.07) is -0.0363. The van der Waals surface area contributed by atoms with Crippen LogP contribution in [0.1, 0.15) is 11.6 Å². The lowest BCUT2D eigenvalue weighted by atomic mass is 10.1. The molecule has 72 valence electrons. The van der Waals surface area contributed by atoms with Crippen molar-refractivity contribution in [3.05, 3.63) is 29.8 Å². The monoisotopic (exact) mass is 190 g/mol. The Morgan fingerprint density at radius 1 is 1.46 bits per heavy atom. The van der Waals surface area contributed by atoms with Crippen LogP contribution in [0.5, 0.6) is 0 Å². The highest BCUT2D eigenvalue weighted by atomic mass is 19.3. The van der Waals surface area contributed by atoms with Crippen molar-refractivity contribution < 1.29 is 13.2 Å². The van der Waals surface area contributed by atoms with Crippen LogP contribution in [0.2, 0.25) is 0 Å². The maximum Gasteiger partial charge on any atom is 0.257 e. The van der Waals surface area contributed by atoms with Crippen LogP contribution in [-0.4, -0.2) is 18.5 Å². The van der Waals surface area contributed by atoms with Crippen molar-refractivity contribution in [3.63, 3.8) is 0 Å². The topological polar surface area (TPSA) is 24.9 Å². The summed E-state index contributed by atoms with van der Waals surface area (Å²) in [6.45, 7) is 0. The van der Waals surface area contributed by atoms with Gasteiger partial charge in [-0.1, -0.05) is 0 Å². The van der Waals surface area contributed by atoms with E-state index in [1.54, 1.807) is 0 Å². The van der Waals surface area contributed by atoms with E-state index in [9.17, 15) is 13.2 Å². The zero-order chi connectivity index (χ0) is 9.84. The van der Waals surface area contributed by atoms with Crippen LogP contribution in [0.15, 0.2) is 18.5 Å². The van der Waals surface area contributed by atoms with E-state index in [0.717, 1.165) is 6.20 Å². The molecule has 0 bridgehead atoms. The highest BCUT2D eigenvalue weighted by Crippen LogP contribution is 2.21. The third kappa shape index (κ3) is 2.18. The minimum absolute atomic E-state index is 0.0625. The molecule has 1 atom stereocenters. The van der Waals surface area contributed by atoms with E-state index in [1.165, 1.54) is 19.3 Å². The van der Waals surface area contributed by atoms with E-state index in [4.69, 9.17) is 0 Å². The second-order valence-corrected chi connectivity index (χ2v) is 2.50. The van der Waals surface area contributed by atoms with Crippen LogP contribution < -0.4 is 5.32 Å². The SMILES string of the molecule is CNC(c1ccncc1F)C(F)F. The van der Waals surface area contributed by atoms with Crippen LogP contribution in [0.3, 0.4) is 0 Å². The molecule has 0 fully saturated rings. The number of nitrogens with one attached hydrogen (secondary N) is 1. The lowest BCUT2D eigenvalue weighted by molar-refractivity contribution is 0.100. The first-order valence-corrected chi connectivity index (χ1v) is 3.71. The minimum Gasteiger partial charge on any atom is -0.308 e. The van der Waals surface area contributed by atoms with Gasteiger partial charge in [-0.15, -0.1) is 0 Å². The van der Waals surface area contributed by atoms with E-state index >= 15 is 0 Å². The zero-order valence-corrected chi connectivity index (χ0v) is 6.97. The molecule has 13 heavy (non-hydrogen) atoms. The fourth-order valence-corrected chi connectivity index (χ4v) is 1.06. The van der Waals surface area contributed by atoms with Gasteiger partial charge < -0.3 is 5.32 Å². The van der Waals surface area contributed by atoms with Crippen molar-refractivity contribution in [2.24, 2.45) is 0 Å². The minimum atomic E-state index is -2.64. The molecule has 0 aliphatic heterocycles. The smallest absolute Gasteiger partial charge is 0.257 e. The van der Waals surface area contributed by atoms with E-state index in [1.807, 2.05) is 0 Å². The van der Waals surface area contributed by atoms with Crippen LogP contribution in [-0.2, 0) is 0 Å². The molecule has 1 aromatic rings. The molecule has 1 heterocycles. The third-order valence-corrected chi connectivity index (χ3v) is 1.70. The van der Waals surface area contributed by atoms with Crippen LogP contribution >= 0.6 is 0 Å². The Labute approximate surface area is 73.8 Å². The third-order valence-electron chi connectivity index (χ3n) is 1.70. The first-order valence-electron chi connectivity index (χ1n) is 3.71. The van der Waals surface area contributed by atoms with Gasteiger partial charge in [-0.3, -0.25) is 4.98 Å². The first-order chi connectivity index (χ1) is 6.16. The number of aromatic nitrogens is 1. The molecule has 1 aromatic heterocycles. The van der Waals surface area contributed by atoms with Gasteiger partial charge in [-0.25, -0.2) is 13.2 Å². The second-order valence-electron chi connectivity index (χ2n) is 2.50. The molecule has 0 spiro atoms.